The number of benzene rings is 2. The Morgan fingerprint density at radius 2 is 1.59 bits per heavy atom. The smallest absolute Gasteiger partial charge is 0.344 e. The molecule has 0 saturated heterocycles. The van der Waals surface area contributed by atoms with Gasteiger partial charge in [0.2, 0.25) is 0 Å². The molecule has 108 valence electrons. The van der Waals surface area contributed by atoms with Crippen LogP contribution in [0, 0.1) is 22.7 Å². The number of carbonyl (C=O) groups excluding carboxylic acids is 1. The molecule has 0 saturated carbocycles. The molecule has 0 radical (unpaired) electrons. The summed E-state index contributed by atoms with van der Waals surface area (Å²) in [6.07, 6.45) is 0. The van der Waals surface area contributed by atoms with Crippen LogP contribution in [0.15, 0.2) is 48.5 Å². The number of carbonyl (C=O) groups is 1. The van der Waals surface area contributed by atoms with Crippen LogP contribution in [-0.2, 0) is 16.1 Å². The maximum atomic E-state index is 11.7. The number of hydrogen-bond donors (Lipinski definition) is 0. The summed E-state index contributed by atoms with van der Waals surface area (Å²) in [5.41, 5.74) is 1.45. The summed E-state index contributed by atoms with van der Waals surface area (Å²) in [6.45, 7) is -0.292. The molecule has 0 amide bonds. The third kappa shape index (κ3) is 3.84. The molecule has 5 heteroatoms. The average Bonchev–Trinajstić information content (AvgIpc) is 2.58. The van der Waals surface area contributed by atoms with Crippen molar-refractivity contribution in [2.24, 2.45) is 0 Å². The maximum absolute atomic E-state index is 11.7. The van der Waals surface area contributed by atoms with Gasteiger partial charge in [0, 0.05) is 5.56 Å². The molecule has 0 aliphatic carbocycles. The van der Waals surface area contributed by atoms with E-state index in [0.717, 1.165) is 0 Å². The molecule has 2 aromatic rings. The van der Waals surface area contributed by atoms with Crippen molar-refractivity contribution in [3.63, 3.8) is 0 Å². The van der Waals surface area contributed by atoms with Crippen molar-refractivity contribution in [2.45, 2.75) is 6.61 Å². The maximum Gasteiger partial charge on any atom is 0.344 e. The molecule has 0 N–H and O–H groups in total. The largest absolute Gasteiger partial charge is 0.481 e. The van der Waals surface area contributed by atoms with Gasteiger partial charge in [0.1, 0.15) is 18.4 Å². The van der Waals surface area contributed by atoms with E-state index in [-0.39, 0.29) is 13.2 Å². The van der Waals surface area contributed by atoms with E-state index in [1.807, 2.05) is 12.1 Å². The Kier molecular flexibility index (Phi) is 5.12. The molecule has 0 aliphatic rings. The van der Waals surface area contributed by atoms with E-state index in [0.29, 0.717) is 22.4 Å². The molecule has 0 aromatic heterocycles. The monoisotopic (exact) mass is 292 g/mol. The highest BCUT2D eigenvalue weighted by molar-refractivity contribution is 5.71. The van der Waals surface area contributed by atoms with Gasteiger partial charge in [0.25, 0.3) is 0 Å². The van der Waals surface area contributed by atoms with Crippen LogP contribution < -0.4 is 4.74 Å². The van der Waals surface area contributed by atoms with Crippen LogP contribution in [0.1, 0.15) is 16.7 Å². The third-order valence-electron chi connectivity index (χ3n) is 2.88. The first kappa shape index (κ1) is 15.1. The molecule has 0 heterocycles. The fourth-order valence-corrected chi connectivity index (χ4v) is 1.78. The lowest BCUT2D eigenvalue weighted by atomic mass is 10.1. The highest BCUT2D eigenvalue weighted by Gasteiger charge is 2.09. The molecule has 0 atom stereocenters. The van der Waals surface area contributed by atoms with Gasteiger partial charge in [-0.25, -0.2) is 4.79 Å². The van der Waals surface area contributed by atoms with Crippen molar-refractivity contribution in [1.29, 1.82) is 10.5 Å². The second-order valence-corrected chi connectivity index (χ2v) is 4.33. The van der Waals surface area contributed by atoms with E-state index in [1.165, 1.54) is 0 Å². The normalized spacial score (nSPS) is 9.36. The minimum Gasteiger partial charge on any atom is -0.481 e. The molecule has 0 aliphatic heterocycles. The van der Waals surface area contributed by atoms with Gasteiger partial charge in [-0.1, -0.05) is 30.3 Å². The zero-order valence-corrected chi connectivity index (χ0v) is 11.7. The van der Waals surface area contributed by atoms with Gasteiger partial charge >= 0.3 is 5.97 Å². The number of nitriles is 2. The topological polar surface area (TPSA) is 83.1 Å². The number of ether oxygens (including phenoxy) is 2. The van der Waals surface area contributed by atoms with Crippen LogP contribution in [0.2, 0.25) is 0 Å². The lowest BCUT2D eigenvalue weighted by molar-refractivity contribution is -0.147. The van der Waals surface area contributed by atoms with Crippen LogP contribution in [0.5, 0.6) is 5.75 Å². The quantitative estimate of drug-likeness (QED) is 0.791. The highest BCUT2D eigenvalue weighted by atomic mass is 16.6. The molecule has 0 bridgehead atoms. The summed E-state index contributed by atoms with van der Waals surface area (Å²) in [5, 5.41) is 17.9. The molecule has 22 heavy (non-hydrogen) atoms. The summed E-state index contributed by atoms with van der Waals surface area (Å²) in [4.78, 5) is 11.7. The summed E-state index contributed by atoms with van der Waals surface area (Å²) in [5.74, 6) is -0.236. The number of hydrogen-bond acceptors (Lipinski definition) is 5. The predicted molar refractivity (Wildman–Crippen MR) is 77.6 cm³/mol. The van der Waals surface area contributed by atoms with Crippen LogP contribution in [-0.4, -0.2) is 12.6 Å². The molecular weight excluding hydrogens is 280 g/mol. The van der Waals surface area contributed by atoms with Crippen LogP contribution >= 0.6 is 0 Å². The highest BCUT2D eigenvalue weighted by Crippen LogP contribution is 2.16. The zero-order valence-electron chi connectivity index (χ0n) is 11.7. The summed E-state index contributed by atoms with van der Waals surface area (Å²) in [6, 6.07) is 17.5. The Morgan fingerprint density at radius 3 is 2.32 bits per heavy atom. The minimum atomic E-state index is -0.569. The lowest BCUT2D eigenvalue weighted by Gasteiger charge is -2.08. The van der Waals surface area contributed by atoms with Gasteiger partial charge in [-0.3, -0.25) is 0 Å². The van der Waals surface area contributed by atoms with Gasteiger partial charge in [-0.2, -0.15) is 10.5 Å². The molecule has 2 aromatic carbocycles. The van der Waals surface area contributed by atoms with Gasteiger partial charge in [-0.05, 0) is 18.2 Å². The van der Waals surface area contributed by atoms with E-state index in [4.69, 9.17) is 20.0 Å². The average molecular weight is 292 g/mol. The Labute approximate surface area is 127 Å². The SMILES string of the molecule is N#Cc1ccccc1COC(=O)COc1ccccc1C#N. The first-order valence-corrected chi connectivity index (χ1v) is 6.50. The van der Waals surface area contributed by atoms with Crippen LogP contribution in [0.4, 0.5) is 0 Å². The standard InChI is InChI=1S/C17H12N2O3/c18-9-13-5-1-2-7-15(13)11-22-17(20)12-21-16-8-4-3-6-14(16)10-19/h1-8H,11-12H2. The minimum absolute atomic E-state index is 0.00578. The molecule has 2 rings (SSSR count). The fourth-order valence-electron chi connectivity index (χ4n) is 1.78. The van der Waals surface area contributed by atoms with Crippen molar-refractivity contribution < 1.29 is 14.3 Å². The molecule has 0 fully saturated rings. The summed E-state index contributed by atoms with van der Waals surface area (Å²) >= 11 is 0. The van der Waals surface area contributed by atoms with Crippen molar-refractivity contribution in [3.8, 4) is 17.9 Å². The van der Waals surface area contributed by atoms with Crippen LogP contribution in [0.3, 0.4) is 0 Å². The van der Waals surface area contributed by atoms with Crippen molar-refractivity contribution in [2.75, 3.05) is 6.61 Å². The van der Waals surface area contributed by atoms with Gasteiger partial charge in [0.05, 0.1) is 17.2 Å². The first-order valence-electron chi connectivity index (χ1n) is 6.50. The van der Waals surface area contributed by atoms with E-state index >= 15 is 0 Å². The Hall–Kier alpha value is -3.31. The number of rotatable bonds is 5. The van der Waals surface area contributed by atoms with E-state index in [1.54, 1.807) is 48.5 Å². The number of para-hydroxylation sites is 1. The fraction of sp³-hybridized carbons (Fsp3) is 0.118. The predicted octanol–water partition coefficient (Wildman–Crippen LogP) is 2.55. The lowest BCUT2D eigenvalue weighted by Crippen LogP contribution is -2.15. The van der Waals surface area contributed by atoms with Gasteiger partial charge in [-0.15, -0.1) is 0 Å². The van der Waals surface area contributed by atoms with Crippen molar-refractivity contribution in [1.82, 2.24) is 0 Å². The third-order valence-corrected chi connectivity index (χ3v) is 2.88. The van der Waals surface area contributed by atoms with Crippen LogP contribution in [0.25, 0.3) is 0 Å². The molecule has 5 nitrogen and oxygen atoms in total. The van der Waals surface area contributed by atoms with Crippen molar-refractivity contribution >= 4 is 5.97 Å². The Morgan fingerprint density at radius 1 is 0.955 bits per heavy atom. The number of nitrogens with zero attached hydrogens (tertiary/aromatic N) is 2. The van der Waals surface area contributed by atoms with Gasteiger partial charge in [0.15, 0.2) is 6.61 Å². The molecule has 0 spiro atoms. The van der Waals surface area contributed by atoms with Crippen molar-refractivity contribution in [3.05, 3.63) is 65.2 Å². The number of esters is 1. The first-order chi connectivity index (χ1) is 10.7. The summed E-state index contributed by atoms with van der Waals surface area (Å²) in [7, 11) is 0. The molecule has 0 unspecified atom stereocenters. The molecular formula is C17H12N2O3. The zero-order chi connectivity index (χ0) is 15.8. The summed E-state index contributed by atoms with van der Waals surface area (Å²) < 4.78 is 10.3. The second-order valence-electron chi connectivity index (χ2n) is 4.33. The van der Waals surface area contributed by atoms with Gasteiger partial charge < -0.3 is 9.47 Å². The van der Waals surface area contributed by atoms with E-state index in [2.05, 4.69) is 0 Å². The Balaban J connectivity index is 1.89. The van der Waals surface area contributed by atoms with E-state index < -0.39 is 5.97 Å². The Bertz CT molecular complexity index is 693. The van der Waals surface area contributed by atoms with E-state index in [9.17, 15) is 4.79 Å². The second kappa shape index (κ2) is 7.47.